The van der Waals surface area contributed by atoms with Gasteiger partial charge in [0.25, 0.3) is 0 Å². The molecule has 7 heteroatoms. The molecule has 0 fully saturated rings. The minimum absolute atomic E-state index is 0.219. The molecule has 0 saturated heterocycles. The second kappa shape index (κ2) is 10.8. The highest BCUT2D eigenvalue weighted by molar-refractivity contribution is 5.79. The van der Waals surface area contributed by atoms with Gasteiger partial charge in [-0.2, -0.15) is 5.26 Å². The fourth-order valence-corrected chi connectivity index (χ4v) is 3.17. The van der Waals surface area contributed by atoms with E-state index in [2.05, 4.69) is 5.32 Å². The normalized spacial score (nSPS) is 11.3. The molecule has 3 aromatic carbocycles. The van der Waals surface area contributed by atoms with Crippen molar-refractivity contribution in [1.82, 2.24) is 0 Å². The maximum Gasteiger partial charge on any atom is 0.330 e. The van der Waals surface area contributed by atoms with Crippen molar-refractivity contribution in [2.24, 2.45) is 0 Å². The smallest absolute Gasteiger partial charge is 0.330 e. The molecule has 0 heterocycles. The van der Waals surface area contributed by atoms with Crippen LogP contribution in [0.3, 0.4) is 0 Å². The third-order valence-corrected chi connectivity index (χ3v) is 4.72. The number of nitrogens with zero attached hydrogens (tertiary/aromatic N) is 1. The summed E-state index contributed by atoms with van der Waals surface area (Å²) in [7, 11) is 0. The molecule has 0 aromatic heterocycles. The standard InChI is InChI=1S/C25H23FN2O4/c1-2-31-21-13-19(24(25(29)30)28-20-9-7-17(16-27)8-10-20)14-22(15-21)32-12-11-18-5-3-4-6-23(18)26/h3-10,13-15,24,28H,2,11-12H2,1H3,(H,29,30)/t24-/m1/s1. The molecule has 164 valence electrons. The summed E-state index contributed by atoms with van der Waals surface area (Å²) in [5.74, 6) is -0.480. The number of carboxylic acids is 1. The van der Waals surface area contributed by atoms with Crippen molar-refractivity contribution in [3.8, 4) is 17.6 Å². The van der Waals surface area contributed by atoms with Crippen LogP contribution in [-0.2, 0) is 11.2 Å². The highest BCUT2D eigenvalue weighted by Crippen LogP contribution is 2.29. The summed E-state index contributed by atoms with van der Waals surface area (Å²) in [6, 6.07) is 18.9. The number of ether oxygens (including phenoxy) is 2. The van der Waals surface area contributed by atoms with Gasteiger partial charge in [-0.25, -0.2) is 9.18 Å². The van der Waals surface area contributed by atoms with Crippen LogP contribution < -0.4 is 14.8 Å². The van der Waals surface area contributed by atoms with Crippen molar-refractivity contribution < 1.29 is 23.8 Å². The van der Waals surface area contributed by atoms with Gasteiger partial charge in [0.15, 0.2) is 6.04 Å². The Hall–Kier alpha value is -4.05. The number of aliphatic carboxylic acids is 1. The lowest BCUT2D eigenvalue weighted by Gasteiger charge is -2.19. The average Bonchev–Trinajstić information content (AvgIpc) is 2.79. The Kier molecular flexibility index (Phi) is 7.65. The molecule has 0 unspecified atom stereocenters. The summed E-state index contributed by atoms with van der Waals surface area (Å²) in [6.07, 6.45) is 0.368. The van der Waals surface area contributed by atoms with E-state index in [0.29, 0.717) is 46.9 Å². The summed E-state index contributed by atoms with van der Waals surface area (Å²) >= 11 is 0. The van der Waals surface area contributed by atoms with Gasteiger partial charge in [-0.1, -0.05) is 18.2 Å². The quantitative estimate of drug-likeness (QED) is 0.469. The first-order chi connectivity index (χ1) is 15.5. The zero-order valence-corrected chi connectivity index (χ0v) is 17.5. The van der Waals surface area contributed by atoms with Crippen molar-refractivity contribution >= 4 is 11.7 Å². The van der Waals surface area contributed by atoms with Crippen LogP contribution in [0, 0.1) is 17.1 Å². The van der Waals surface area contributed by atoms with Crippen LogP contribution in [0.2, 0.25) is 0 Å². The van der Waals surface area contributed by atoms with E-state index in [1.165, 1.54) is 6.07 Å². The van der Waals surface area contributed by atoms with Crippen LogP contribution in [0.1, 0.15) is 29.7 Å². The molecular weight excluding hydrogens is 411 g/mol. The van der Waals surface area contributed by atoms with Gasteiger partial charge in [0.05, 0.1) is 24.8 Å². The molecule has 0 amide bonds. The fraction of sp³-hybridized carbons (Fsp3) is 0.200. The molecular formula is C25H23FN2O4. The number of halogens is 1. The van der Waals surface area contributed by atoms with E-state index in [0.717, 1.165) is 0 Å². The number of benzene rings is 3. The van der Waals surface area contributed by atoms with Gasteiger partial charge in [-0.05, 0) is 60.5 Å². The zero-order chi connectivity index (χ0) is 22.9. The first-order valence-electron chi connectivity index (χ1n) is 10.1. The molecule has 1 atom stereocenters. The minimum atomic E-state index is -1.08. The Morgan fingerprint density at radius 2 is 1.78 bits per heavy atom. The van der Waals surface area contributed by atoms with E-state index in [4.69, 9.17) is 14.7 Å². The number of nitriles is 1. The monoisotopic (exact) mass is 434 g/mol. The molecule has 0 aliphatic heterocycles. The molecule has 0 saturated carbocycles. The number of hydrogen-bond donors (Lipinski definition) is 2. The highest BCUT2D eigenvalue weighted by atomic mass is 19.1. The van der Waals surface area contributed by atoms with Crippen LogP contribution in [0.5, 0.6) is 11.5 Å². The van der Waals surface area contributed by atoms with Crippen LogP contribution in [-0.4, -0.2) is 24.3 Å². The summed E-state index contributed by atoms with van der Waals surface area (Å²) in [5.41, 5.74) is 2.01. The van der Waals surface area contributed by atoms with Crippen molar-refractivity contribution in [3.05, 3.63) is 89.2 Å². The lowest BCUT2D eigenvalue weighted by molar-refractivity contribution is -0.138. The van der Waals surface area contributed by atoms with Crippen molar-refractivity contribution in [2.45, 2.75) is 19.4 Å². The molecule has 0 radical (unpaired) electrons. The molecule has 0 spiro atoms. The van der Waals surface area contributed by atoms with Gasteiger partial charge < -0.3 is 19.9 Å². The first-order valence-corrected chi connectivity index (χ1v) is 10.1. The Morgan fingerprint density at radius 1 is 1.09 bits per heavy atom. The molecule has 32 heavy (non-hydrogen) atoms. The highest BCUT2D eigenvalue weighted by Gasteiger charge is 2.22. The predicted octanol–water partition coefficient (Wildman–Crippen LogP) is 4.96. The maximum atomic E-state index is 13.8. The molecule has 3 aromatic rings. The van der Waals surface area contributed by atoms with E-state index < -0.39 is 12.0 Å². The number of carbonyl (C=O) groups is 1. The minimum Gasteiger partial charge on any atom is -0.494 e. The van der Waals surface area contributed by atoms with Gasteiger partial charge >= 0.3 is 5.97 Å². The largest absolute Gasteiger partial charge is 0.494 e. The number of hydrogen-bond acceptors (Lipinski definition) is 5. The second-order valence-electron chi connectivity index (χ2n) is 6.97. The van der Waals surface area contributed by atoms with E-state index in [9.17, 15) is 14.3 Å². The van der Waals surface area contributed by atoms with Crippen LogP contribution in [0.15, 0.2) is 66.7 Å². The van der Waals surface area contributed by atoms with Crippen molar-refractivity contribution in [3.63, 3.8) is 0 Å². The van der Waals surface area contributed by atoms with E-state index in [-0.39, 0.29) is 12.4 Å². The van der Waals surface area contributed by atoms with Crippen molar-refractivity contribution in [2.75, 3.05) is 18.5 Å². The number of anilines is 1. The van der Waals surface area contributed by atoms with Gasteiger partial charge in [0.2, 0.25) is 0 Å². The first kappa shape index (κ1) is 22.6. The molecule has 3 rings (SSSR count). The van der Waals surface area contributed by atoms with Gasteiger partial charge in [0, 0.05) is 18.2 Å². The summed E-state index contributed by atoms with van der Waals surface area (Å²) in [4.78, 5) is 12.0. The molecule has 0 aliphatic rings. The second-order valence-corrected chi connectivity index (χ2v) is 6.97. The third kappa shape index (κ3) is 5.99. The Bertz CT molecular complexity index is 1110. The predicted molar refractivity (Wildman–Crippen MR) is 118 cm³/mol. The van der Waals surface area contributed by atoms with Gasteiger partial charge in [-0.15, -0.1) is 0 Å². The summed E-state index contributed by atoms with van der Waals surface area (Å²) in [5, 5.41) is 21.7. The Morgan fingerprint density at radius 3 is 2.41 bits per heavy atom. The third-order valence-electron chi connectivity index (χ3n) is 4.72. The molecule has 2 N–H and O–H groups in total. The topological polar surface area (TPSA) is 91.6 Å². The Balaban J connectivity index is 1.80. The van der Waals surface area contributed by atoms with Crippen LogP contribution in [0.25, 0.3) is 0 Å². The maximum absolute atomic E-state index is 13.8. The van der Waals surface area contributed by atoms with Gasteiger partial charge in [0.1, 0.15) is 17.3 Å². The zero-order valence-electron chi connectivity index (χ0n) is 17.5. The number of nitrogens with one attached hydrogen (secondary N) is 1. The summed E-state index contributed by atoms with van der Waals surface area (Å²) in [6.45, 7) is 2.45. The van der Waals surface area contributed by atoms with Crippen LogP contribution in [0.4, 0.5) is 10.1 Å². The molecule has 0 aliphatic carbocycles. The molecule has 6 nitrogen and oxygen atoms in total. The van der Waals surface area contributed by atoms with E-state index in [1.54, 1.807) is 60.7 Å². The van der Waals surface area contributed by atoms with E-state index >= 15 is 0 Å². The fourth-order valence-electron chi connectivity index (χ4n) is 3.17. The molecule has 0 bridgehead atoms. The Labute approximate surface area is 185 Å². The van der Waals surface area contributed by atoms with Crippen LogP contribution >= 0.6 is 0 Å². The number of rotatable bonds is 10. The van der Waals surface area contributed by atoms with Crippen molar-refractivity contribution in [1.29, 1.82) is 5.26 Å². The van der Waals surface area contributed by atoms with Gasteiger partial charge in [-0.3, -0.25) is 0 Å². The lowest BCUT2D eigenvalue weighted by Crippen LogP contribution is -2.20. The summed E-state index contributed by atoms with van der Waals surface area (Å²) < 4.78 is 25.2. The number of carboxylic acid groups (broad SMARTS) is 1. The lowest BCUT2D eigenvalue weighted by atomic mass is 10.1. The SMILES string of the molecule is CCOc1cc(OCCc2ccccc2F)cc([C@@H](Nc2ccc(C#N)cc2)C(=O)O)c1. The average molecular weight is 434 g/mol. The van der Waals surface area contributed by atoms with E-state index in [1.807, 2.05) is 13.0 Å².